The predicted octanol–water partition coefficient (Wildman–Crippen LogP) is 5.05. The molecule has 1 aromatic carbocycles. The van der Waals surface area contributed by atoms with Crippen molar-refractivity contribution >= 4 is 46.3 Å². The standard InChI is InChI=1S/C18H19ClN4OS2/c1-11(2)15-7-12(9-25-15)17-21-22-18(23(17)3)26-10-16(24)20-14-6-4-5-13(19)8-14/h4-9,11H,10H2,1-3H3,(H,20,24). The van der Waals surface area contributed by atoms with Gasteiger partial charge in [-0.2, -0.15) is 0 Å². The van der Waals surface area contributed by atoms with Crippen LogP contribution in [0.2, 0.25) is 5.02 Å². The number of thioether (sulfide) groups is 1. The average Bonchev–Trinajstić information content (AvgIpc) is 3.20. The van der Waals surface area contributed by atoms with E-state index in [0.29, 0.717) is 21.8 Å². The summed E-state index contributed by atoms with van der Waals surface area (Å²) in [4.78, 5) is 13.5. The van der Waals surface area contributed by atoms with Crippen LogP contribution in [-0.4, -0.2) is 26.4 Å². The van der Waals surface area contributed by atoms with Crippen LogP contribution in [0.1, 0.15) is 24.6 Å². The highest BCUT2D eigenvalue weighted by molar-refractivity contribution is 7.99. The second-order valence-corrected chi connectivity index (χ2v) is 8.43. The Morgan fingerprint density at radius 1 is 1.35 bits per heavy atom. The van der Waals surface area contributed by atoms with Crippen LogP contribution >= 0.6 is 34.7 Å². The Morgan fingerprint density at radius 3 is 2.85 bits per heavy atom. The summed E-state index contributed by atoms with van der Waals surface area (Å²) in [6.45, 7) is 4.35. The van der Waals surface area contributed by atoms with Gasteiger partial charge in [0.2, 0.25) is 5.91 Å². The number of hydrogen-bond acceptors (Lipinski definition) is 5. The molecule has 2 aromatic heterocycles. The lowest BCUT2D eigenvalue weighted by atomic mass is 10.1. The number of thiophene rings is 1. The third-order valence-corrected chi connectivity index (χ3v) is 6.21. The Labute approximate surface area is 165 Å². The van der Waals surface area contributed by atoms with Crippen molar-refractivity contribution in [1.82, 2.24) is 14.8 Å². The molecule has 0 unspecified atom stereocenters. The number of amides is 1. The zero-order valence-corrected chi connectivity index (χ0v) is 17.1. The molecule has 0 spiro atoms. The predicted molar refractivity (Wildman–Crippen MR) is 109 cm³/mol. The Hall–Kier alpha value is -1.83. The Bertz CT molecular complexity index is 920. The molecular formula is C18H19ClN4OS2. The van der Waals surface area contributed by atoms with E-state index in [9.17, 15) is 4.79 Å². The molecule has 136 valence electrons. The minimum Gasteiger partial charge on any atom is -0.325 e. The lowest BCUT2D eigenvalue weighted by Gasteiger charge is -2.05. The normalized spacial score (nSPS) is 11.1. The molecule has 0 aliphatic rings. The number of halogens is 1. The van der Waals surface area contributed by atoms with Crippen molar-refractivity contribution in [2.75, 3.05) is 11.1 Å². The van der Waals surface area contributed by atoms with E-state index in [4.69, 9.17) is 11.6 Å². The third-order valence-electron chi connectivity index (χ3n) is 3.72. The molecule has 0 aliphatic carbocycles. The van der Waals surface area contributed by atoms with Gasteiger partial charge in [0, 0.05) is 33.6 Å². The van der Waals surface area contributed by atoms with E-state index in [-0.39, 0.29) is 11.7 Å². The van der Waals surface area contributed by atoms with Gasteiger partial charge in [-0.05, 0) is 30.2 Å². The van der Waals surface area contributed by atoms with Gasteiger partial charge in [0.05, 0.1) is 5.75 Å². The van der Waals surface area contributed by atoms with Crippen LogP contribution in [0.25, 0.3) is 11.4 Å². The summed E-state index contributed by atoms with van der Waals surface area (Å²) in [6.07, 6.45) is 0. The fourth-order valence-electron chi connectivity index (χ4n) is 2.36. The molecule has 0 radical (unpaired) electrons. The highest BCUT2D eigenvalue weighted by Gasteiger charge is 2.15. The van der Waals surface area contributed by atoms with Crippen molar-refractivity contribution in [3.05, 3.63) is 45.6 Å². The van der Waals surface area contributed by atoms with Gasteiger partial charge in [-0.1, -0.05) is 43.3 Å². The molecule has 0 saturated heterocycles. The summed E-state index contributed by atoms with van der Waals surface area (Å²) >= 11 is 9.01. The number of nitrogens with one attached hydrogen (secondary N) is 1. The number of benzene rings is 1. The highest BCUT2D eigenvalue weighted by Crippen LogP contribution is 2.30. The lowest BCUT2D eigenvalue weighted by molar-refractivity contribution is -0.113. The summed E-state index contributed by atoms with van der Waals surface area (Å²) in [5, 5.41) is 14.7. The van der Waals surface area contributed by atoms with E-state index >= 15 is 0 Å². The number of nitrogens with zero attached hydrogens (tertiary/aromatic N) is 3. The second-order valence-electron chi connectivity index (χ2n) is 6.10. The Kier molecular flexibility index (Phi) is 6.01. The SMILES string of the molecule is CC(C)c1cc(-c2nnc(SCC(=O)Nc3cccc(Cl)c3)n2C)cs1. The summed E-state index contributed by atoms with van der Waals surface area (Å²) < 4.78 is 1.92. The van der Waals surface area contributed by atoms with E-state index in [0.717, 1.165) is 11.4 Å². The maximum Gasteiger partial charge on any atom is 0.234 e. The minimum atomic E-state index is -0.112. The van der Waals surface area contributed by atoms with E-state index < -0.39 is 0 Å². The van der Waals surface area contributed by atoms with Gasteiger partial charge in [-0.15, -0.1) is 21.5 Å². The van der Waals surface area contributed by atoms with Crippen LogP contribution in [-0.2, 0) is 11.8 Å². The lowest BCUT2D eigenvalue weighted by Crippen LogP contribution is -2.14. The zero-order chi connectivity index (χ0) is 18.7. The van der Waals surface area contributed by atoms with E-state index in [1.54, 1.807) is 35.6 Å². The molecule has 1 N–H and O–H groups in total. The first-order valence-corrected chi connectivity index (χ1v) is 10.3. The largest absolute Gasteiger partial charge is 0.325 e. The molecule has 1 amide bonds. The number of aromatic nitrogens is 3. The average molecular weight is 407 g/mol. The molecule has 0 bridgehead atoms. The molecule has 26 heavy (non-hydrogen) atoms. The number of rotatable bonds is 6. The topological polar surface area (TPSA) is 59.8 Å². The van der Waals surface area contributed by atoms with Gasteiger partial charge >= 0.3 is 0 Å². The monoisotopic (exact) mass is 406 g/mol. The number of anilines is 1. The van der Waals surface area contributed by atoms with E-state index in [1.165, 1.54) is 16.6 Å². The van der Waals surface area contributed by atoms with Crippen molar-refractivity contribution in [3.8, 4) is 11.4 Å². The molecular weight excluding hydrogens is 388 g/mol. The minimum absolute atomic E-state index is 0.112. The van der Waals surface area contributed by atoms with Crippen LogP contribution in [0.15, 0.2) is 40.9 Å². The first-order valence-electron chi connectivity index (χ1n) is 8.10. The fourth-order valence-corrected chi connectivity index (χ4v) is 4.16. The van der Waals surface area contributed by atoms with Crippen LogP contribution in [0.3, 0.4) is 0 Å². The summed E-state index contributed by atoms with van der Waals surface area (Å²) in [5.74, 6) is 1.44. The highest BCUT2D eigenvalue weighted by atomic mass is 35.5. The summed E-state index contributed by atoms with van der Waals surface area (Å²) in [6, 6.07) is 9.24. The van der Waals surface area contributed by atoms with E-state index in [2.05, 4.69) is 40.8 Å². The maximum absolute atomic E-state index is 12.1. The van der Waals surface area contributed by atoms with Crippen molar-refractivity contribution in [2.45, 2.75) is 24.9 Å². The molecule has 0 saturated carbocycles. The van der Waals surface area contributed by atoms with Gasteiger partial charge in [0.15, 0.2) is 11.0 Å². The zero-order valence-electron chi connectivity index (χ0n) is 14.7. The third kappa shape index (κ3) is 4.47. The molecule has 5 nitrogen and oxygen atoms in total. The number of hydrogen-bond donors (Lipinski definition) is 1. The van der Waals surface area contributed by atoms with Gasteiger partial charge in [-0.25, -0.2) is 0 Å². The molecule has 0 aliphatic heterocycles. The summed E-state index contributed by atoms with van der Waals surface area (Å²) in [7, 11) is 1.92. The molecule has 8 heteroatoms. The summed E-state index contributed by atoms with van der Waals surface area (Å²) in [5.41, 5.74) is 1.74. The van der Waals surface area contributed by atoms with Crippen LogP contribution < -0.4 is 5.32 Å². The Morgan fingerprint density at radius 2 is 2.15 bits per heavy atom. The van der Waals surface area contributed by atoms with Crippen molar-refractivity contribution < 1.29 is 4.79 Å². The second kappa shape index (κ2) is 8.24. The van der Waals surface area contributed by atoms with Gasteiger partial charge < -0.3 is 9.88 Å². The van der Waals surface area contributed by atoms with E-state index in [1.807, 2.05) is 11.6 Å². The Balaban J connectivity index is 1.63. The van der Waals surface area contributed by atoms with Crippen LogP contribution in [0, 0.1) is 0 Å². The van der Waals surface area contributed by atoms with Gasteiger partial charge in [-0.3, -0.25) is 4.79 Å². The molecule has 0 atom stereocenters. The molecule has 3 rings (SSSR count). The fraction of sp³-hybridized carbons (Fsp3) is 0.278. The van der Waals surface area contributed by atoms with Crippen LogP contribution in [0.4, 0.5) is 5.69 Å². The van der Waals surface area contributed by atoms with Crippen LogP contribution in [0.5, 0.6) is 0 Å². The van der Waals surface area contributed by atoms with Gasteiger partial charge in [0.25, 0.3) is 0 Å². The molecule has 2 heterocycles. The van der Waals surface area contributed by atoms with Crippen molar-refractivity contribution in [1.29, 1.82) is 0 Å². The van der Waals surface area contributed by atoms with Crippen molar-refractivity contribution in [2.24, 2.45) is 7.05 Å². The number of carbonyl (C=O) groups is 1. The van der Waals surface area contributed by atoms with Gasteiger partial charge in [0.1, 0.15) is 0 Å². The number of carbonyl (C=O) groups excluding carboxylic acids is 1. The quantitative estimate of drug-likeness (QED) is 0.582. The molecule has 0 fully saturated rings. The van der Waals surface area contributed by atoms with Crippen molar-refractivity contribution in [3.63, 3.8) is 0 Å². The maximum atomic E-state index is 12.1. The first kappa shape index (κ1) is 18.9. The smallest absolute Gasteiger partial charge is 0.234 e. The molecule has 3 aromatic rings. The first-order chi connectivity index (χ1) is 12.4.